The highest BCUT2D eigenvalue weighted by Crippen LogP contribution is 2.53. The van der Waals surface area contributed by atoms with Crippen molar-refractivity contribution in [2.45, 2.75) is 25.2 Å². The van der Waals surface area contributed by atoms with E-state index in [9.17, 15) is 0 Å². The molecule has 0 aromatic heterocycles. The molecule has 0 N–H and O–H groups in total. The van der Waals surface area contributed by atoms with Crippen LogP contribution in [0.2, 0.25) is 0 Å². The van der Waals surface area contributed by atoms with E-state index in [2.05, 4.69) is 65.6 Å². The Morgan fingerprint density at radius 3 is 2.18 bits per heavy atom. The van der Waals surface area contributed by atoms with E-state index < -0.39 is 0 Å². The maximum absolute atomic E-state index is 6.14. The van der Waals surface area contributed by atoms with Crippen molar-refractivity contribution in [1.29, 1.82) is 0 Å². The standard InChI is InChI=1S/C33H35NO4/c1-35-25-12-14-26-23(19-25)9-13-27-28-20-30(36-2)31(37-3)21-29(28)32(33(26)27)22-7-10-24(11-8-22)38-18-17-34-15-5-4-6-16-34/h7-14,19-21,32H,4-6,15-18H2,1-3H3. The van der Waals surface area contributed by atoms with Crippen LogP contribution in [0.5, 0.6) is 23.0 Å². The zero-order valence-electron chi connectivity index (χ0n) is 22.5. The van der Waals surface area contributed by atoms with Gasteiger partial charge in [0.25, 0.3) is 0 Å². The number of likely N-dealkylation sites (tertiary alicyclic amines) is 1. The molecule has 5 heteroatoms. The van der Waals surface area contributed by atoms with Crippen molar-refractivity contribution in [2.24, 2.45) is 0 Å². The second kappa shape index (κ2) is 10.6. The van der Waals surface area contributed by atoms with Gasteiger partial charge in [-0.15, -0.1) is 0 Å². The number of ether oxygens (including phenoxy) is 4. The molecule has 0 bridgehead atoms. The van der Waals surface area contributed by atoms with Gasteiger partial charge in [0.1, 0.15) is 18.1 Å². The Hall–Kier alpha value is -3.70. The second-order valence-corrected chi connectivity index (χ2v) is 10.2. The van der Waals surface area contributed by atoms with Gasteiger partial charge in [0.15, 0.2) is 11.5 Å². The van der Waals surface area contributed by atoms with Crippen molar-refractivity contribution < 1.29 is 18.9 Å². The highest BCUT2D eigenvalue weighted by molar-refractivity contribution is 5.98. The molecule has 1 fully saturated rings. The van der Waals surface area contributed by atoms with Gasteiger partial charge in [-0.25, -0.2) is 0 Å². The molecule has 1 atom stereocenters. The van der Waals surface area contributed by atoms with Crippen LogP contribution in [0.15, 0.2) is 66.7 Å². The fraction of sp³-hybridized carbons (Fsp3) is 0.333. The second-order valence-electron chi connectivity index (χ2n) is 10.2. The van der Waals surface area contributed by atoms with Crippen LogP contribution in [0.3, 0.4) is 0 Å². The molecule has 1 saturated heterocycles. The summed E-state index contributed by atoms with van der Waals surface area (Å²) in [5, 5.41) is 2.39. The maximum atomic E-state index is 6.14. The number of fused-ring (bicyclic) bond motifs is 5. The van der Waals surface area contributed by atoms with Gasteiger partial charge in [0.05, 0.1) is 21.3 Å². The Morgan fingerprint density at radius 1 is 0.711 bits per heavy atom. The highest BCUT2D eigenvalue weighted by atomic mass is 16.5. The summed E-state index contributed by atoms with van der Waals surface area (Å²) in [6, 6.07) is 23.6. The Bertz CT molecular complexity index is 1440. The Balaban J connectivity index is 1.37. The SMILES string of the molecule is COc1ccc2c3c(ccc2c1)-c1cc(OC)c(OC)cc1C3c1ccc(OCCN2CCCCC2)cc1. The van der Waals surface area contributed by atoms with Gasteiger partial charge in [-0.1, -0.05) is 36.8 Å². The molecular formula is C33H35NO4. The first-order chi connectivity index (χ1) is 18.7. The summed E-state index contributed by atoms with van der Waals surface area (Å²) in [6.07, 6.45) is 3.96. The third-order valence-corrected chi connectivity index (χ3v) is 8.05. The van der Waals surface area contributed by atoms with Crippen LogP contribution in [-0.2, 0) is 0 Å². The van der Waals surface area contributed by atoms with Crippen LogP contribution >= 0.6 is 0 Å². The molecule has 4 aromatic rings. The van der Waals surface area contributed by atoms with Crippen LogP contribution < -0.4 is 18.9 Å². The molecule has 1 unspecified atom stereocenters. The van der Waals surface area contributed by atoms with Crippen molar-refractivity contribution in [3.8, 4) is 34.1 Å². The van der Waals surface area contributed by atoms with Gasteiger partial charge >= 0.3 is 0 Å². The Labute approximate surface area is 224 Å². The molecule has 0 spiro atoms. The number of hydrogen-bond donors (Lipinski definition) is 0. The zero-order chi connectivity index (χ0) is 26.1. The predicted octanol–water partition coefficient (Wildman–Crippen LogP) is 6.89. The molecule has 1 aliphatic carbocycles. The van der Waals surface area contributed by atoms with E-state index in [1.54, 1.807) is 21.3 Å². The fourth-order valence-electron chi connectivity index (χ4n) is 6.11. The summed E-state index contributed by atoms with van der Waals surface area (Å²) in [5.74, 6) is 3.33. The summed E-state index contributed by atoms with van der Waals surface area (Å²) in [4.78, 5) is 2.51. The lowest BCUT2D eigenvalue weighted by atomic mass is 9.86. The quantitative estimate of drug-likeness (QED) is 0.228. The van der Waals surface area contributed by atoms with Crippen LogP contribution in [0.1, 0.15) is 41.9 Å². The Kier molecular flexibility index (Phi) is 6.86. The number of hydrogen-bond acceptors (Lipinski definition) is 5. The molecule has 38 heavy (non-hydrogen) atoms. The van der Waals surface area contributed by atoms with Crippen LogP contribution in [0.4, 0.5) is 0 Å². The lowest BCUT2D eigenvalue weighted by Crippen LogP contribution is -2.33. The number of piperidine rings is 1. The van der Waals surface area contributed by atoms with Gasteiger partial charge in [0.2, 0.25) is 0 Å². The van der Waals surface area contributed by atoms with Gasteiger partial charge < -0.3 is 18.9 Å². The molecule has 1 aliphatic heterocycles. The zero-order valence-corrected chi connectivity index (χ0v) is 22.5. The third kappa shape index (κ3) is 4.45. The minimum atomic E-state index is 0.0688. The molecule has 0 radical (unpaired) electrons. The molecule has 1 heterocycles. The molecule has 0 saturated carbocycles. The summed E-state index contributed by atoms with van der Waals surface area (Å²) in [5.41, 5.74) is 6.16. The van der Waals surface area contributed by atoms with Crippen LogP contribution in [0, 0.1) is 0 Å². The smallest absolute Gasteiger partial charge is 0.161 e. The largest absolute Gasteiger partial charge is 0.497 e. The highest BCUT2D eigenvalue weighted by Gasteiger charge is 2.33. The molecule has 0 amide bonds. The first-order valence-corrected chi connectivity index (χ1v) is 13.5. The third-order valence-electron chi connectivity index (χ3n) is 8.05. The predicted molar refractivity (Wildman–Crippen MR) is 152 cm³/mol. The summed E-state index contributed by atoms with van der Waals surface area (Å²) >= 11 is 0. The van der Waals surface area contributed by atoms with E-state index in [0.717, 1.165) is 41.5 Å². The number of benzene rings is 4. The molecule has 5 nitrogen and oxygen atoms in total. The topological polar surface area (TPSA) is 40.2 Å². The van der Waals surface area contributed by atoms with Gasteiger partial charge in [-0.2, -0.15) is 0 Å². The molecule has 196 valence electrons. The van der Waals surface area contributed by atoms with Gasteiger partial charge in [-0.05, 0) is 101 Å². The average molecular weight is 510 g/mol. The van der Waals surface area contributed by atoms with E-state index >= 15 is 0 Å². The summed E-state index contributed by atoms with van der Waals surface area (Å²) in [6.45, 7) is 4.09. The minimum Gasteiger partial charge on any atom is -0.497 e. The normalized spacial score (nSPS) is 16.7. The monoisotopic (exact) mass is 509 g/mol. The summed E-state index contributed by atoms with van der Waals surface area (Å²) < 4.78 is 23.0. The Morgan fingerprint density at radius 2 is 1.45 bits per heavy atom. The fourth-order valence-corrected chi connectivity index (χ4v) is 6.11. The molecule has 2 aliphatic rings. The van der Waals surface area contributed by atoms with Crippen LogP contribution in [-0.4, -0.2) is 52.5 Å². The van der Waals surface area contributed by atoms with Crippen molar-refractivity contribution >= 4 is 10.8 Å². The molecule has 6 rings (SSSR count). The van der Waals surface area contributed by atoms with E-state index in [-0.39, 0.29) is 5.92 Å². The molecular weight excluding hydrogens is 474 g/mol. The lowest BCUT2D eigenvalue weighted by Gasteiger charge is -2.26. The van der Waals surface area contributed by atoms with Gasteiger partial charge in [-0.3, -0.25) is 4.90 Å². The van der Waals surface area contributed by atoms with Crippen molar-refractivity contribution in [2.75, 3.05) is 47.6 Å². The van der Waals surface area contributed by atoms with Crippen LogP contribution in [0.25, 0.3) is 21.9 Å². The summed E-state index contributed by atoms with van der Waals surface area (Å²) in [7, 11) is 5.09. The van der Waals surface area contributed by atoms with E-state index in [4.69, 9.17) is 18.9 Å². The minimum absolute atomic E-state index is 0.0688. The van der Waals surface area contributed by atoms with Crippen molar-refractivity contribution in [3.05, 3.63) is 83.4 Å². The molecule has 4 aromatic carbocycles. The first kappa shape index (κ1) is 24.6. The van der Waals surface area contributed by atoms with Crippen molar-refractivity contribution in [3.63, 3.8) is 0 Å². The number of rotatable bonds is 8. The van der Waals surface area contributed by atoms with Gasteiger partial charge in [0, 0.05) is 12.5 Å². The average Bonchev–Trinajstić information content (AvgIpc) is 3.30. The number of methoxy groups -OCH3 is 3. The first-order valence-electron chi connectivity index (χ1n) is 13.5. The number of nitrogens with zero attached hydrogens (tertiary/aromatic N) is 1. The van der Waals surface area contributed by atoms with E-state index in [1.807, 2.05) is 6.07 Å². The van der Waals surface area contributed by atoms with Crippen molar-refractivity contribution in [1.82, 2.24) is 4.90 Å². The van der Waals surface area contributed by atoms with E-state index in [0.29, 0.717) is 0 Å². The lowest BCUT2D eigenvalue weighted by molar-refractivity contribution is 0.183. The maximum Gasteiger partial charge on any atom is 0.161 e. The van der Waals surface area contributed by atoms with E-state index in [1.165, 1.54) is 65.6 Å².